The van der Waals surface area contributed by atoms with E-state index in [9.17, 15) is 13.2 Å². The van der Waals surface area contributed by atoms with Crippen molar-refractivity contribution in [1.29, 1.82) is 0 Å². The smallest absolute Gasteiger partial charge is 0.264 e. The molecule has 3 aromatic rings. The third kappa shape index (κ3) is 5.15. The lowest BCUT2D eigenvalue weighted by Crippen LogP contribution is -2.38. The lowest BCUT2D eigenvalue weighted by atomic mass is 10.2. The molecule has 3 rings (SSSR count). The molecule has 0 heterocycles. The molecule has 0 fully saturated rings. The summed E-state index contributed by atoms with van der Waals surface area (Å²) >= 11 is 6.05. The molecule has 0 saturated carbocycles. The van der Waals surface area contributed by atoms with E-state index in [0.717, 1.165) is 4.31 Å². The third-order valence-electron chi connectivity index (χ3n) is 4.71. The van der Waals surface area contributed by atoms with Gasteiger partial charge in [-0.3, -0.25) is 9.10 Å². The minimum atomic E-state index is -4.02. The molecule has 3 aromatic carbocycles. The van der Waals surface area contributed by atoms with Crippen molar-refractivity contribution in [1.82, 2.24) is 0 Å². The highest BCUT2D eigenvalue weighted by atomic mass is 35.5. The molecular weight excluding hydrogens is 452 g/mol. The van der Waals surface area contributed by atoms with Gasteiger partial charge < -0.3 is 14.8 Å². The van der Waals surface area contributed by atoms with E-state index in [1.54, 1.807) is 61.5 Å². The van der Waals surface area contributed by atoms with Gasteiger partial charge in [-0.1, -0.05) is 29.8 Å². The molecule has 32 heavy (non-hydrogen) atoms. The molecule has 0 aliphatic rings. The normalized spacial score (nSPS) is 11.0. The van der Waals surface area contributed by atoms with Crippen molar-refractivity contribution in [2.75, 3.05) is 30.4 Å². The zero-order chi connectivity index (χ0) is 23.3. The van der Waals surface area contributed by atoms with Crippen LogP contribution in [0.5, 0.6) is 11.5 Å². The number of aryl methyl sites for hydroxylation is 1. The van der Waals surface area contributed by atoms with Gasteiger partial charge in [-0.25, -0.2) is 8.42 Å². The van der Waals surface area contributed by atoms with Crippen LogP contribution in [0, 0.1) is 6.92 Å². The van der Waals surface area contributed by atoms with Gasteiger partial charge in [0.1, 0.15) is 6.54 Å². The van der Waals surface area contributed by atoms with Gasteiger partial charge in [-0.15, -0.1) is 0 Å². The maximum atomic E-state index is 13.4. The van der Waals surface area contributed by atoms with Crippen molar-refractivity contribution in [3.05, 3.63) is 77.3 Å². The Morgan fingerprint density at radius 3 is 2.28 bits per heavy atom. The monoisotopic (exact) mass is 474 g/mol. The molecule has 0 aliphatic heterocycles. The number of benzene rings is 3. The van der Waals surface area contributed by atoms with E-state index in [-0.39, 0.29) is 4.90 Å². The molecule has 0 spiro atoms. The maximum absolute atomic E-state index is 13.4. The summed E-state index contributed by atoms with van der Waals surface area (Å²) in [6.07, 6.45) is 0. The van der Waals surface area contributed by atoms with Gasteiger partial charge in [0.2, 0.25) is 5.91 Å². The van der Waals surface area contributed by atoms with Crippen molar-refractivity contribution < 1.29 is 22.7 Å². The average molecular weight is 475 g/mol. The van der Waals surface area contributed by atoms with E-state index >= 15 is 0 Å². The van der Waals surface area contributed by atoms with Crippen LogP contribution in [-0.2, 0) is 14.8 Å². The predicted molar refractivity (Wildman–Crippen MR) is 125 cm³/mol. The Bertz CT molecular complexity index is 1220. The Kier molecular flexibility index (Phi) is 7.27. The Labute approximate surface area is 192 Å². The number of nitrogens with one attached hydrogen (secondary N) is 1. The number of amides is 1. The summed E-state index contributed by atoms with van der Waals surface area (Å²) in [6, 6.07) is 17.7. The second-order valence-corrected chi connectivity index (χ2v) is 9.17. The fourth-order valence-electron chi connectivity index (χ4n) is 3.16. The fourth-order valence-corrected chi connectivity index (χ4v) is 4.90. The number of sulfonamides is 1. The molecule has 1 amide bonds. The van der Waals surface area contributed by atoms with E-state index in [0.29, 0.717) is 33.5 Å². The van der Waals surface area contributed by atoms with E-state index in [1.807, 2.05) is 0 Å². The van der Waals surface area contributed by atoms with Gasteiger partial charge in [-0.2, -0.15) is 0 Å². The lowest BCUT2D eigenvalue weighted by Gasteiger charge is -2.25. The lowest BCUT2D eigenvalue weighted by molar-refractivity contribution is -0.114. The number of carbonyl (C=O) groups is 1. The maximum Gasteiger partial charge on any atom is 0.264 e. The van der Waals surface area contributed by atoms with Crippen LogP contribution in [0.2, 0.25) is 5.02 Å². The van der Waals surface area contributed by atoms with E-state index in [2.05, 4.69) is 5.32 Å². The highest BCUT2D eigenvalue weighted by molar-refractivity contribution is 7.92. The molecule has 0 aliphatic carbocycles. The van der Waals surface area contributed by atoms with Crippen molar-refractivity contribution >= 4 is 38.9 Å². The zero-order valence-electron chi connectivity index (χ0n) is 17.8. The highest BCUT2D eigenvalue weighted by Crippen LogP contribution is 2.31. The Hall–Kier alpha value is -3.23. The second-order valence-electron chi connectivity index (χ2n) is 6.87. The van der Waals surface area contributed by atoms with Gasteiger partial charge in [0.25, 0.3) is 10.0 Å². The summed E-state index contributed by atoms with van der Waals surface area (Å²) in [5, 5.41) is 3.19. The summed E-state index contributed by atoms with van der Waals surface area (Å²) < 4.78 is 38.4. The quantitative estimate of drug-likeness (QED) is 0.519. The number of anilines is 2. The van der Waals surface area contributed by atoms with Gasteiger partial charge in [0, 0.05) is 16.8 Å². The first-order chi connectivity index (χ1) is 15.3. The largest absolute Gasteiger partial charge is 0.493 e. The number of rotatable bonds is 8. The van der Waals surface area contributed by atoms with Crippen LogP contribution in [0.15, 0.2) is 71.6 Å². The summed E-state index contributed by atoms with van der Waals surface area (Å²) in [5.74, 6) is 0.425. The summed E-state index contributed by atoms with van der Waals surface area (Å²) in [5.41, 5.74) is 1.43. The minimum absolute atomic E-state index is 0.0771. The number of carbonyl (C=O) groups excluding carboxylic acids is 1. The molecular formula is C23H23ClN2O5S. The molecule has 7 nitrogen and oxygen atoms in total. The van der Waals surface area contributed by atoms with Crippen LogP contribution < -0.4 is 19.1 Å². The SMILES string of the molecule is COc1ccc(NC(=O)CN(c2ccc(Cl)cc2C)S(=O)(=O)c2ccccc2)cc1OC. The predicted octanol–water partition coefficient (Wildman–Crippen LogP) is 4.50. The zero-order valence-corrected chi connectivity index (χ0v) is 19.4. The molecule has 0 aromatic heterocycles. The van der Waals surface area contributed by atoms with Crippen LogP contribution >= 0.6 is 11.6 Å². The average Bonchev–Trinajstić information content (AvgIpc) is 2.78. The fraction of sp³-hybridized carbons (Fsp3) is 0.174. The highest BCUT2D eigenvalue weighted by Gasteiger charge is 2.28. The minimum Gasteiger partial charge on any atom is -0.493 e. The molecule has 9 heteroatoms. The summed E-state index contributed by atoms with van der Waals surface area (Å²) in [4.78, 5) is 13.0. The summed E-state index contributed by atoms with van der Waals surface area (Å²) in [7, 11) is -1.02. The first kappa shape index (κ1) is 23.4. The van der Waals surface area contributed by atoms with E-state index in [1.165, 1.54) is 26.4 Å². The summed E-state index contributed by atoms with van der Waals surface area (Å²) in [6.45, 7) is 1.30. The number of methoxy groups -OCH3 is 2. The Balaban J connectivity index is 1.95. The van der Waals surface area contributed by atoms with Gasteiger partial charge in [-0.05, 0) is 55.0 Å². The number of ether oxygens (including phenoxy) is 2. The topological polar surface area (TPSA) is 84.9 Å². The van der Waals surface area contributed by atoms with Crippen LogP contribution in [-0.4, -0.2) is 35.1 Å². The van der Waals surface area contributed by atoms with E-state index in [4.69, 9.17) is 21.1 Å². The number of halogens is 1. The van der Waals surface area contributed by atoms with Gasteiger partial charge in [0.15, 0.2) is 11.5 Å². The van der Waals surface area contributed by atoms with Crippen molar-refractivity contribution in [3.8, 4) is 11.5 Å². The van der Waals surface area contributed by atoms with Crippen molar-refractivity contribution in [2.45, 2.75) is 11.8 Å². The first-order valence-electron chi connectivity index (χ1n) is 9.62. The van der Waals surface area contributed by atoms with Crippen LogP contribution in [0.25, 0.3) is 0 Å². The van der Waals surface area contributed by atoms with Crippen LogP contribution in [0.4, 0.5) is 11.4 Å². The molecule has 1 N–H and O–H groups in total. The molecule has 0 unspecified atom stereocenters. The second kappa shape index (κ2) is 9.93. The number of hydrogen-bond donors (Lipinski definition) is 1. The van der Waals surface area contributed by atoms with Gasteiger partial charge in [0.05, 0.1) is 24.8 Å². The van der Waals surface area contributed by atoms with Crippen LogP contribution in [0.3, 0.4) is 0 Å². The molecule has 0 radical (unpaired) electrons. The Morgan fingerprint density at radius 1 is 0.969 bits per heavy atom. The standard InChI is InChI=1S/C23H23ClN2O5S/c1-16-13-17(24)9-11-20(16)26(32(28,29)19-7-5-4-6-8-19)15-23(27)25-18-10-12-21(30-2)22(14-18)31-3/h4-14H,15H2,1-3H3,(H,25,27). The first-order valence-corrected chi connectivity index (χ1v) is 11.4. The Morgan fingerprint density at radius 2 is 1.66 bits per heavy atom. The van der Waals surface area contributed by atoms with Crippen molar-refractivity contribution in [3.63, 3.8) is 0 Å². The molecule has 168 valence electrons. The third-order valence-corrected chi connectivity index (χ3v) is 6.72. The van der Waals surface area contributed by atoms with Crippen LogP contribution in [0.1, 0.15) is 5.56 Å². The number of hydrogen-bond acceptors (Lipinski definition) is 5. The van der Waals surface area contributed by atoms with E-state index < -0.39 is 22.5 Å². The number of nitrogens with zero attached hydrogens (tertiary/aromatic N) is 1. The molecule has 0 atom stereocenters. The molecule has 0 bridgehead atoms. The molecule has 0 saturated heterocycles. The van der Waals surface area contributed by atoms with Gasteiger partial charge >= 0.3 is 0 Å². The van der Waals surface area contributed by atoms with Crippen molar-refractivity contribution in [2.24, 2.45) is 0 Å².